The van der Waals surface area contributed by atoms with Crippen molar-refractivity contribution in [3.8, 4) is 0 Å². The fraction of sp³-hybridized carbons (Fsp3) is 0.963. The molecule has 160 valence electrons. The number of carbonyl (C=O) groups is 1. The Kier molecular flexibility index (Phi) is 5.78. The van der Waals surface area contributed by atoms with Gasteiger partial charge in [0.05, 0.1) is 0 Å². The molecule has 0 aromatic heterocycles. The summed E-state index contributed by atoms with van der Waals surface area (Å²) in [4.78, 5) is 12.1. The molecule has 0 saturated heterocycles. The minimum Gasteiger partial charge on any atom is -0.300 e. The maximum Gasteiger partial charge on any atom is 0.133 e. The summed E-state index contributed by atoms with van der Waals surface area (Å²) < 4.78 is 0. The Morgan fingerprint density at radius 3 is 2.39 bits per heavy atom. The van der Waals surface area contributed by atoms with E-state index in [2.05, 4.69) is 34.6 Å². The zero-order valence-electron chi connectivity index (χ0n) is 19.4. The van der Waals surface area contributed by atoms with E-state index in [-0.39, 0.29) is 0 Å². The highest BCUT2D eigenvalue weighted by atomic mass is 16.1. The Bertz CT molecular complexity index is 579. The Morgan fingerprint density at radius 1 is 0.893 bits per heavy atom. The molecule has 0 aliphatic heterocycles. The quantitative estimate of drug-likeness (QED) is 0.473. The first-order valence-electron chi connectivity index (χ1n) is 12.8. The van der Waals surface area contributed by atoms with Gasteiger partial charge in [0.25, 0.3) is 0 Å². The van der Waals surface area contributed by atoms with Crippen molar-refractivity contribution in [2.24, 2.45) is 52.3 Å². The Morgan fingerprint density at radius 2 is 1.64 bits per heavy atom. The van der Waals surface area contributed by atoms with Crippen LogP contribution in [0.2, 0.25) is 0 Å². The van der Waals surface area contributed by atoms with Crippen molar-refractivity contribution in [1.82, 2.24) is 0 Å². The molecule has 0 N–H and O–H groups in total. The molecule has 4 fully saturated rings. The standard InChI is InChI=1S/C27H46O/c1-18(2)7-6-8-19(3)23-11-12-24-22-10-9-20-17-21(28)13-15-26(20,4)25(22)14-16-27(23,24)5/h18-20,22-25H,6-17H2,1-5H3/t19-,20+,22+,23+,24+,25+,26+,27-/m1/s1. The SMILES string of the molecule is CC(C)CCC[C@@H](C)[C@@H]1CC[C@H]2[C@@H]3CC[C@H]4CC(=O)CC[C@]4(C)[C@H]3CC[C@@]21C. The summed E-state index contributed by atoms with van der Waals surface area (Å²) in [5, 5.41) is 0. The average Bonchev–Trinajstić information content (AvgIpc) is 2.99. The van der Waals surface area contributed by atoms with Gasteiger partial charge < -0.3 is 0 Å². The van der Waals surface area contributed by atoms with Crippen LogP contribution in [0.1, 0.15) is 112 Å². The Hall–Kier alpha value is -0.330. The maximum absolute atomic E-state index is 12.1. The third-order valence-electron chi connectivity index (χ3n) is 10.7. The lowest BCUT2D eigenvalue weighted by Gasteiger charge is -2.60. The number of Topliss-reactive ketones (excluding diaryl/α,β-unsaturated/α-hetero) is 1. The van der Waals surface area contributed by atoms with Crippen LogP contribution in [0.4, 0.5) is 0 Å². The maximum atomic E-state index is 12.1. The molecule has 0 bridgehead atoms. The van der Waals surface area contributed by atoms with Gasteiger partial charge >= 0.3 is 0 Å². The van der Waals surface area contributed by atoms with Crippen LogP contribution >= 0.6 is 0 Å². The van der Waals surface area contributed by atoms with Crippen LogP contribution in [0.3, 0.4) is 0 Å². The van der Waals surface area contributed by atoms with Crippen LogP contribution in [0.15, 0.2) is 0 Å². The summed E-state index contributed by atoms with van der Waals surface area (Å²) in [6.45, 7) is 12.6. The Labute approximate surface area is 174 Å². The minimum absolute atomic E-state index is 0.471. The molecule has 1 heteroatoms. The summed E-state index contributed by atoms with van der Waals surface area (Å²) in [5.74, 6) is 6.82. The first-order chi connectivity index (χ1) is 13.3. The van der Waals surface area contributed by atoms with Gasteiger partial charge in [0.2, 0.25) is 0 Å². The fourth-order valence-electron chi connectivity index (χ4n) is 9.07. The second-order valence-electron chi connectivity index (χ2n) is 12.4. The zero-order chi connectivity index (χ0) is 20.1. The van der Waals surface area contributed by atoms with Crippen molar-refractivity contribution < 1.29 is 4.79 Å². The summed E-state index contributed by atoms with van der Waals surface area (Å²) in [7, 11) is 0. The molecule has 1 nitrogen and oxygen atoms in total. The molecule has 8 atom stereocenters. The van der Waals surface area contributed by atoms with Crippen molar-refractivity contribution in [3.63, 3.8) is 0 Å². The van der Waals surface area contributed by atoms with Crippen LogP contribution in [-0.2, 0) is 4.79 Å². The largest absolute Gasteiger partial charge is 0.300 e. The highest BCUT2D eigenvalue weighted by Gasteiger charge is 2.60. The molecule has 0 aromatic rings. The molecule has 4 aliphatic carbocycles. The predicted octanol–water partition coefficient (Wildman–Crippen LogP) is 7.68. The summed E-state index contributed by atoms with van der Waals surface area (Å²) in [6.07, 6.45) is 15.9. The monoisotopic (exact) mass is 386 g/mol. The molecule has 28 heavy (non-hydrogen) atoms. The highest BCUT2D eigenvalue weighted by Crippen LogP contribution is 2.68. The van der Waals surface area contributed by atoms with E-state index in [1.54, 1.807) is 0 Å². The van der Waals surface area contributed by atoms with Crippen molar-refractivity contribution >= 4 is 5.78 Å². The van der Waals surface area contributed by atoms with E-state index < -0.39 is 0 Å². The first-order valence-corrected chi connectivity index (χ1v) is 12.8. The van der Waals surface area contributed by atoms with Crippen LogP contribution in [-0.4, -0.2) is 5.78 Å². The first kappa shape index (κ1) is 20.9. The van der Waals surface area contributed by atoms with Crippen LogP contribution in [0.5, 0.6) is 0 Å². The molecular weight excluding hydrogens is 340 g/mol. The molecule has 4 saturated carbocycles. The molecule has 4 rings (SSSR count). The van der Waals surface area contributed by atoms with E-state index in [1.807, 2.05) is 0 Å². The van der Waals surface area contributed by atoms with Crippen molar-refractivity contribution in [3.05, 3.63) is 0 Å². The van der Waals surface area contributed by atoms with E-state index in [4.69, 9.17) is 0 Å². The number of ketones is 1. The van der Waals surface area contributed by atoms with E-state index in [9.17, 15) is 4.79 Å². The normalized spacial score (nSPS) is 46.8. The van der Waals surface area contributed by atoms with E-state index in [0.717, 1.165) is 48.3 Å². The van der Waals surface area contributed by atoms with Gasteiger partial charge in [-0.3, -0.25) is 4.79 Å². The summed E-state index contributed by atoms with van der Waals surface area (Å²) >= 11 is 0. The number of hydrogen-bond acceptors (Lipinski definition) is 1. The van der Waals surface area contributed by atoms with Crippen molar-refractivity contribution in [1.29, 1.82) is 0 Å². The highest BCUT2D eigenvalue weighted by molar-refractivity contribution is 5.79. The second kappa shape index (κ2) is 7.73. The van der Waals surface area contributed by atoms with Crippen LogP contribution < -0.4 is 0 Å². The molecule has 0 spiro atoms. The lowest BCUT2D eigenvalue weighted by atomic mass is 9.44. The van der Waals surface area contributed by atoms with E-state index in [1.165, 1.54) is 64.2 Å². The smallest absolute Gasteiger partial charge is 0.133 e. The number of rotatable bonds is 5. The van der Waals surface area contributed by atoms with E-state index in [0.29, 0.717) is 22.5 Å². The molecule has 0 radical (unpaired) electrons. The van der Waals surface area contributed by atoms with Crippen molar-refractivity contribution in [2.75, 3.05) is 0 Å². The van der Waals surface area contributed by atoms with Crippen LogP contribution in [0.25, 0.3) is 0 Å². The Balaban J connectivity index is 1.47. The van der Waals surface area contributed by atoms with Gasteiger partial charge in [-0.25, -0.2) is 0 Å². The molecule has 0 amide bonds. The van der Waals surface area contributed by atoms with Crippen molar-refractivity contribution in [2.45, 2.75) is 112 Å². The number of carbonyl (C=O) groups excluding carboxylic acids is 1. The lowest BCUT2D eigenvalue weighted by Crippen LogP contribution is -2.53. The van der Waals surface area contributed by atoms with E-state index >= 15 is 0 Å². The third-order valence-corrected chi connectivity index (χ3v) is 10.7. The van der Waals surface area contributed by atoms with Gasteiger partial charge in [-0.05, 0) is 97.2 Å². The number of fused-ring (bicyclic) bond motifs is 5. The van der Waals surface area contributed by atoms with Gasteiger partial charge in [0.1, 0.15) is 5.78 Å². The second-order valence-corrected chi connectivity index (χ2v) is 12.4. The predicted molar refractivity (Wildman–Crippen MR) is 118 cm³/mol. The summed E-state index contributed by atoms with van der Waals surface area (Å²) in [6, 6.07) is 0. The lowest BCUT2D eigenvalue weighted by molar-refractivity contribution is -0.140. The topological polar surface area (TPSA) is 17.1 Å². The fourth-order valence-corrected chi connectivity index (χ4v) is 9.07. The molecule has 4 aliphatic rings. The van der Waals surface area contributed by atoms with Gasteiger partial charge in [0.15, 0.2) is 0 Å². The molecule has 0 unspecified atom stereocenters. The third kappa shape index (κ3) is 3.41. The molecule has 0 heterocycles. The molecular formula is C27H46O. The molecule has 0 aromatic carbocycles. The zero-order valence-corrected chi connectivity index (χ0v) is 19.4. The van der Waals surface area contributed by atoms with Gasteiger partial charge in [-0.1, -0.05) is 53.9 Å². The van der Waals surface area contributed by atoms with Gasteiger partial charge in [-0.2, -0.15) is 0 Å². The average molecular weight is 387 g/mol. The van der Waals surface area contributed by atoms with Crippen LogP contribution in [0, 0.1) is 52.3 Å². The number of hydrogen-bond donors (Lipinski definition) is 0. The summed E-state index contributed by atoms with van der Waals surface area (Å²) in [5.41, 5.74) is 1.07. The minimum atomic E-state index is 0.471. The van der Waals surface area contributed by atoms with Gasteiger partial charge in [0, 0.05) is 12.8 Å². The van der Waals surface area contributed by atoms with Gasteiger partial charge in [-0.15, -0.1) is 0 Å².